The Morgan fingerprint density at radius 3 is 2.90 bits per heavy atom. The van der Waals surface area contributed by atoms with Gasteiger partial charge in [0.2, 0.25) is 6.36 Å². The lowest BCUT2D eigenvalue weighted by Crippen LogP contribution is -2.16. The molecule has 4 nitrogen and oxygen atoms in total. The molecule has 6 heteroatoms. The Morgan fingerprint density at radius 1 is 1.80 bits per heavy atom. The molecule has 0 spiro atoms. The minimum absolute atomic E-state index is 0.0757. The molecular weight excluding hydrogens is 162 g/mol. The minimum Gasteiger partial charge on any atom is -0.290 e. The fourth-order valence-electron chi connectivity index (χ4n) is 0.576. The quantitative estimate of drug-likeness (QED) is 0.559. The average molecular weight is 170 g/mol. The normalized spacial score (nSPS) is 41.6. The summed E-state index contributed by atoms with van der Waals surface area (Å²) in [6.45, 7) is 0.0757. The lowest BCUT2D eigenvalue weighted by atomic mass is 10.5. The van der Waals surface area contributed by atoms with E-state index in [0.29, 0.717) is 0 Å². The maximum absolute atomic E-state index is 12.3. The summed E-state index contributed by atoms with van der Waals surface area (Å²) in [5.74, 6) is 0. The van der Waals surface area contributed by atoms with Gasteiger partial charge in [-0.25, -0.2) is 8.96 Å². The highest BCUT2D eigenvalue weighted by atomic mass is 31.2. The zero-order chi connectivity index (χ0) is 7.61. The number of rotatable bonds is 1. The van der Waals surface area contributed by atoms with Crippen molar-refractivity contribution in [1.82, 2.24) is 0 Å². The van der Waals surface area contributed by atoms with Crippen molar-refractivity contribution in [2.75, 3.05) is 13.7 Å². The minimum atomic E-state index is -3.53. The maximum atomic E-state index is 12.3. The van der Waals surface area contributed by atoms with Crippen molar-refractivity contribution in [3.05, 3.63) is 0 Å². The van der Waals surface area contributed by atoms with E-state index in [4.69, 9.17) is 0 Å². The van der Waals surface area contributed by atoms with Crippen LogP contribution in [0, 0.1) is 0 Å². The van der Waals surface area contributed by atoms with Gasteiger partial charge in [-0.1, -0.05) is 0 Å². The molecule has 1 fully saturated rings. The predicted molar refractivity (Wildman–Crippen MR) is 31.2 cm³/mol. The zero-order valence-electron chi connectivity index (χ0n) is 5.45. The first-order chi connectivity index (χ1) is 4.66. The third kappa shape index (κ3) is 1.76. The van der Waals surface area contributed by atoms with Crippen molar-refractivity contribution in [1.29, 1.82) is 0 Å². The largest absolute Gasteiger partial charge is 0.477 e. The van der Waals surface area contributed by atoms with E-state index in [0.717, 1.165) is 7.11 Å². The first-order valence-corrected chi connectivity index (χ1v) is 4.25. The molecule has 0 aromatic heterocycles. The molecule has 2 unspecified atom stereocenters. The average Bonchev–Trinajstić information content (AvgIpc) is 1.88. The van der Waals surface area contributed by atoms with Crippen LogP contribution in [0.3, 0.4) is 0 Å². The topological polar surface area (TPSA) is 44.8 Å². The number of hydrogen-bond donors (Lipinski definition) is 0. The summed E-state index contributed by atoms with van der Waals surface area (Å²) < 4.78 is 36.4. The van der Waals surface area contributed by atoms with Crippen LogP contribution in [0.4, 0.5) is 4.39 Å². The van der Waals surface area contributed by atoms with E-state index in [1.165, 1.54) is 0 Å². The molecule has 1 heterocycles. The Kier molecular flexibility index (Phi) is 2.41. The van der Waals surface area contributed by atoms with Crippen LogP contribution in [-0.4, -0.2) is 20.1 Å². The van der Waals surface area contributed by atoms with Crippen molar-refractivity contribution < 1.29 is 22.5 Å². The summed E-state index contributed by atoms with van der Waals surface area (Å²) in [5, 5.41) is 0. The maximum Gasteiger partial charge on any atom is 0.477 e. The molecular formula is C4H8FO4P. The summed E-state index contributed by atoms with van der Waals surface area (Å²) >= 11 is 0. The Labute approximate surface area is 57.9 Å². The van der Waals surface area contributed by atoms with Gasteiger partial charge in [0.25, 0.3) is 0 Å². The summed E-state index contributed by atoms with van der Waals surface area (Å²) in [4.78, 5) is 0. The van der Waals surface area contributed by atoms with Gasteiger partial charge >= 0.3 is 7.82 Å². The molecule has 0 radical (unpaired) electrons. The second-order valence-electron chi connectivity index (χ2n) is 1.77. The van der Waals surface area contributed by atoms with Crippen molar-refractivity contribution in [2.24, 2.45) is 0 Å². The molecule has 1 aliphatic rings. The third-order valence-electron chi connectivity index (χ3n) is 1.06. The molecule has 0 aromatic rings. The molecule has 0 aliphatic carbocycles. The molecule has 0 saturated carbocycles. The van der Waals surface area contributed by atoms with Crippen LogP contribution in [0.2, 0.25) is 0 Å². The molecule has 0 aromatic carbocycles. The smallest absolute Gasteiger partial charge is 0.290 e. The molecule has 2 atom stereocenters. The second kappa shape index (κ2) is 2.96. The Balaban J connectivity index is 2.54. The van der Waals surface area contributed by atoms with Crippen LogP contribution in [0.25, 0.3) is 0 Å². The van der Waals surface area contributed by atoms with Crippen molar-refractivity contribution in [3.8, 4) is 0 Å². The Morgan fingerprint density at radius 2 is 2.50 bits per heavy atom. The van der Waals surface area contributed by atoms with Crippen LogP contribution >= 0.6 is 7.82 Å². The second-order valence-corrected chi connectivity index (χ2v) is 3.50. The van der Waals surface area contributed by atoms with E-state index in [-0.39, 0.29) is 13.0 Å². The third-order valence-corrected chi connectivity index (χ3v) is 2.49. The fourth-order valence-corrected chi connectivity index (χ4v) is 1.54. The van der Waals surface area contributed by atoms with Crippen LogP contribution in [-0.2, 0) is 18.1 Å². The number of phosphoric ester groups is 1. The molecule has 0 N–H and O–H groups in total. The van der Waals surface area contributed by atoms with Gasteiger partial charge in [0.1, 0.15) is 0 Å². The molecule has 60 valence electrons. The Bertz CT molecular complexity index is 161. The van der Waals surface area contributed by atoms with Gasteiger partial charge in [-0.05, 0) is 0 Å². The van der Waals surface area contributed by atoms with Gasteiger partial charge in [0.05, 0.1) is 6.61 Å². The summed E-state index contributed by atoms with van der Waals surface area (Å²) in [6.07, 6.45) is -1.42. The summed E-state index contributed by atoms with van der Waals surface area (Å²) in [7, 11) is -2.37. The van der Waals surface area contributed by atoms with Crippen LogP contribution in [0.1, 0.15) is 6.42 Å². The first-order valence-electron chi connectivity index (χ1n) is 2.79. The molecule has 1 saturated heterocycles. The van der Waals surface area contributed by atoms with Gasteiger partial charge in [0, 0.05) is 13.5 Å². The molecule has 1 aliphatic heterocycles. The monoisotopic (exact) mass is 170 g/mol. The number of hydrogen-bond acceptors (Lipinski definition) is 4. The summed E-state index contributed by atoms with van der Waals surface area (Å²) in [5.41, 5.74) is 0. The van der Waals surface area contributed by atoms with Gasteiger partial charge < -0.3 is 0 Å². The van der Waals surface area contributed by atoms with E-state index in [1.54, 1.807) is 0 Å². The number of phosphoric acid groups is 1. The van der Waals surface area contributed by atoms with Crippen LogP contribution in [0.15, 0.2) is 0 Å². The number of halogens is 1. The fraction of sp³-hybridized carbons (Fsp3) is 1.00. The SMILES string of the molecule is COP1(=O)OCCC(F)O1. The van der Waals surface area contributed by atoms with Gasteiger partial charge in [-0.2, -0.15) is 0 Å². The van der Waals surface area contributed by atoms with Crippen LogP contribution in [0.5, 0.6) is 0 Å². The summed E-state index contributed by atoms with van der Waals surface area (Å²) in [6, 6.07) is 0. The highest BCUT2D eigenvalue weighted by molar-refractivity contribution is 7.48. The molecule has 10 heavy (non-hydrogen) atoms. The highest BCUT2D eigenvalue weighted by Gasteiger charge is 2.33. The van der Waals surface area contributed by atoms with Gasteiger partial charge in [-0.3, -0.25) is 13.6 Å². The number of alkyl halides is 1. The molecule has 1 rings (SSSR count). The van der Waals surface area contributed by atoms with Crippen LogP contribution < -0.4 is 0 Å². The van der Waals surface area contributed by atoms with E-state index in [9.17, 15) is 8.96 Å². The first kappa shape index (κ1) is 8.14. The standard InChI is InChI=1S/C4H8FO4P/c1-7-10(6)8-3-2-4(5)9-10/h4H,2-3H2,1H3. The van der Waals surface area contributed by atoms with E-state index >= 15 is 0 Å². The highest BCUT2D eigenvalue weighted by Crippen LogP contribution is 2.52. The van der Waals surface area contributed by atoms with Crippen molar-refractivity contribution >= 4 is 7.82 Å². The van der Waals surface area contributed by atoms with Crippen molar-refractivity contribution in [3.63, 3.8) is 0 Å². The van der Waals surface area contributed by atoms with Gasteiger partial charge in [-0.15, -0.1) is 0 Å². The van der Waals surface area contributed by atoms with E-state index in [2.05, 4.69) is 13.6 Å². The molecule has 0 bridgehead atoms. The van der Waals surface area contributed by atoms with Crippen molar-refractivity contribution in [2.45, 2.75) is 12.8 Å². The van der Waals surface area contributed by atoms with E-state index < -0.39 is 14.2 Å². The molecule has 0 amide bonds. The predicted octanol–water partition coefficient (Wildman–Crippen LogP) is 1.47. The van der Waals surface area contributed by atoms with E-state index in [1.807, 2.05) is 0 Å². The zero-order valence-corrected chi connectivity index (χ0v) is 6.34. The van der Waals surface area contributed by atoms with Gasteiger partial charge in [0.15, 0.2) is 0 Å². The lowest BCUT2D eigenvalue weighted by molar-refractivity contribution is -0.0298. The lowest BCUT2D eigenvalue weighted by Gasteiger charge is -2.22. The Hall–Kier alpha value is 0.0400.